The van der Waals surface area contributed by atoms with Crippen molar-refractivity contribution in [3.05, 3.63) is 47.5 Å². The van der Waals surface area contributed by atoms with Crippen LogP contribution in [0.15, 0.2) is 47.1 Å². The summed E-state index contributed by atoms with van der Waals surface area (Å²) in [6.45, 7) is 15.4. The van der Waals surface area contributed by atoms with Crippen molar-refractivity contribution in [3.8, 4) is 0 Å². The van der Waals surface area contributed by atoms with Crippen LogP contribution in [0.4, 0.5) is 0 Å². The number of hydrogen-bond acceptors (Lipinski definition) is 8. The van der Waals surface area contributed by atoms with E-state index in [1.54, 1.807) is 24.3 Å². The summed E-state index contributed by atoms with van der Waals surface area (Å²) in [6, 6.07) is 8.89. The van der Waals surface area contributed by atoms with Crippen molar-refractivity contribution in [1.29, 1.82) is 0 Å². The molecule has 0 aliphatic heterocycles. The van der Waals surface area contributed by atoms with Gasteiger partial charge in [-0.1, -0.05) is 76.5 Å². The molecule has 0 amide bonds. The number of carbonyl (C=O) groups excluding carboxylic acids is 3. The third-order valence-electron chi connectivity index (χ3n) is 14.7. The zero-order valence-corrected chi connectivity index (χ0v) is 30.2. The Kier molecular flexibility index (Phi) is 8.47. The highest BCUT2D eigenvalue weighted by Crippen LogP contribution is 2.75. The maximum absolute atomic E-state index is 13.6. The summed E-state index contributed by atoms with van der Waals surface area (Å²) in [5.74, 6) is -0.546. The third kappa shape index (κ3) is 4.97. The standard InChI is InChI=1S/C40H55NO7/c1-25(42)47-24-37(5)30-16-17-39(7)31(36(30,4)23-29(32(37)41-45)48-33(43)26-12-10-9-11-13-26)15-14-27-28-22-35(2,3)18-20-40(28,34(44)46-8)21-19-38(27,39)6/h9-14,28-31,45H,15-24H2,1-8H3/b41-32+/t28-,29+,30+,31+,36-,37+,38+,39+,40-/m0/s1. The van der Waals surface area contributed by atoms with Crippen LogP contribution in [-0.2, 0) is 23.8 Å². The van der Waals surface area contributed by atoms with Crippen LogP contribution in [0.1, 0.15) is 117 Å². The van der Waals surface area contributed by atoms with Gasteiger partial charge >= 0.3 is 17.9 Å². The SMILES string of the molecule is COC(=O)[C@]12CCC(C)(C)C[C@H]1C1=CC[C@@H]3[C@@]4(C)C[C@@H](OC(=O)c5ccccc5)/C(=N\O)[C@](C)(COC(C)=O)[C@@H]4CC[C@@]3(C)[C@]1(C)CC2. The fourth-order valence-electron chi connectivity index (χ4n) is 12.0. The van der Waals surface area contributed by atoms with Crippen LogP contribution in [0, 0.1) is 50.2 Å². The highest BCUT2D eigenvalue weighted by molar-refractivity contribution is 5.98. The fraction of sp³-hybridized carbons (Fsp3) is 0.700. The fourth-order valence-corrected chi connectivity index (χ4v) is 12.0. The average Bonchev–Trinajstić information content (AvgIpc) is 3.04. The van der Waals surface area contributed by atoms with Crippen LogP contribution in [0.5, 0.6) is 0 Å². The zero-order valence-electron chi connectivity index (χ0n) is 30.2. The molecule has 4 saturated carbocycles. The Balaban J connectivity index is 1.44. The van der Waals surface area contributed by atoms with E-state index in [9.17, 15) is 19.6 Å². The number of fused-ring (bicyclic) bond motifs is 7. The molecule has 5 aliphatic carbocycles. The van der Waals surface area contributed by atoms with Gasteiger partial charge in [0.25, 0.3) is 0 Å². The normalized spacial score (nSPS) is 42.2. The molecule has 0 unspecified atom stereocenters. The lowest BCUT2D eigenvalue weighted by atomic mass is 9.33. The molecule has 0 bridgehead atoms. The van der Waals surface area contributed by atoms with Crippen LogP contribution >= 0.6 is 0 Å². The van der Waals surface area contributed by atoms with Gasteiger partial charge in [-0.25, -0.2) is 4.79 Å². The Hall–Kier alpha value is -3.16. The van der Waals surface area contributed by atoms with E-state index >= 15 is 0 Å². The number of esters is 3. The number of benzene rings is 1. The van der Waals surface area contributed by atoms with Crippen LogP contribution in [0.2, 0.25) is 0 Å². The minimum atomic E-state index is -0.846. The van der Waals surface area contributed by atoms with E-state index < -0.39 is 28.9 Å². The summed E-state index contributed by atoms with van der Waals surface area (Å²) in [7, 11) is 1.54. The van der Waals surface area contributed by atoms with Crippen molar-refractivity contribution in [1.82, 2.24) is 0 Å². The summed E-state index contributed by atoms with van der Waals surface area (Å²) in [4.78, 5) is 39.3. The topological polar surface area (TPSA) is 111 Å². The van der Waals surface area contributed by atoms with Gasteiger partial charge in [0.05, 0.1) is 23.5 Å². The van der Waals surface area contributed by atoms with E-state index in [0.717, 1.165) is 51.4 Å². The average molecular weight is 662 g/mol. The van der Waals surface area contributed by atoms with Crippen molar-refractivity contribution in [2.45, 2.75) is 112 Å². The molecule has 4 fully saturated rings. The second kappa shape index (κ2) is 11.7. The van der Waals surface area contributed by atoms with E-state index in [4.69, 9.17) is 14.2 Å². The van der Waals surface area contributed by atoms with Crippen molar-refractivity contribution in [3.63, 3.8) is 0 Å². The Bertz CT molecular complexity index is 1530. The van der Waals surface area contributed by atoms with Crippen LogP contribution in [0.25, 0.3) is 0 Å². The molecule has 0 heterocycles. The van der Waals surface area contributed by atoms with Gasteiger partial charge in [-0.2, -0.15) is 0 Å². The van der Waals surface area contributed by atoms with Crippen LogP contribution < -0.4 is 0 Å². The van der Waals surface area contributed by atoms with Crippen molar-refractivity contribution in [2.75, 3.05) is 13.7 Å². The van der Waals surface area contributed by atoms with Crippen LogP contribution in [-0.4, -0.2) is 48.6 Å². The van der Waals surface area contributed by atoms with Gasteiger partial charge in [-0.3, -0.25) is 9.59 Å². The van der Waals surface area contributed by atoms with Gasteiger partial charge < -0.3 is 19.4 Å². The van der Waals surface area contributed by atoms with Crippen molar-refractivity contribution < 1.29 is 33.8 Å². The maximum Gasteiger partial charge on any atom is 0.338 e. The predicted octanol–water partition coefficient (Wildman–Crippen LogP) is 8.17. The number of ether oxygens (including phenoxy) is 3. The molecule has 6 rings (SSSR count). The lowest BCUT2D eigenvalue weighted by Crippen LogP contribution is -2.67. The molecule has 0 aromatic heterocycles. The van der Waals surface area contributed by atoms with Gasteiger partial charge in [0.2, 0.25) is 0 Å². The molecule has 8 nitrogen and oxygen atoms in total. The number of carbonyl (C=O) groups is 3. The molecule has 1 aromatic rings. The molecular formula is C40H55NO7. The first-order valence-corrected chi connectivity index (χ1v) is 17.9. The van der Waals surface area contributed by atoms with E-state index in [1.807, 2.05) is 13.0 Å². The number of methoxy groups -OCH3 is 1. The first-order valence-electron chi connectivity index (χ1n) is 17.9. The maximum atomic E-state index is 13.6. The summed E-state index contributed by atoms with van der Waals surface area (Å²) in [5.41, 5.74) is 0.480. The van der Waals surface area contributed by atoms with E-state index in [2.05, 4.69) is 45.9 Å². The smallest absolute Gasteiger partial charge is 0.338 e. The van der Waals surface area contributed by atoms with Gasteiger partial charge in [0.1, 0.15) is 18.4 Å². The van der Waals surface area contributed by atoms with Gasteiger partial charge in [0, 0.05) is 6.92 Å². The second-order valence-corrected chi connectivity index (χ2v) is 17.5. The molecule has 262 valence electrons. The number of oxime groups is 1. The minimum Gasteiger partial charge on any atom is -0.469 e. The molecule has 9 atom stereocenters. The summed E-state index contributed by atoms with van der Waals surface area (Å²) < 4.78 is 17.5. The number of nitrogens with zero attached hydrogens (tertiary/aromatic N) is 1. The van der Waals surface area contributed by atoms with Crippen molar-refractivity contribution >= 4 is 23.6 Å². The Labute approximate surface area is 286 Å². The lowest BCUT2D eigenvalue weighted by Gasteiger charge is -2.71. The predicted molar refractivity (Wildman–Crippen MR) is 182 cm³/mol. The van der Waals surface area contributed by atoms with E-state index in [1.165, 1.54) is 19.6 Å². The summed E-state index contributed by atoms with van der Waals surface area (Å²) >= 11 is 0. The van der Waals surface area contributed by atoms with Gasteiger partial charge in [-0.15, -0.1) is 0 Å². The molecule has 8 heteroatoms. The first kappa shape index (κ1) is 34.7. The lowest BCUT2D eigenvalue weighted by molar-refractivity contribution is -0.190. The minimum absolute atomic E-state index is 0.0184. The molecule has 5 aliphatic rings. The summed E-state index contributed by atoms with van der Waals surface area (Å²) in [6.07, 6.45) is 9.42. The monoisotopic (exact) mass is 661 g/mol. The highest BCUT2D eigenvalue weighted by Gasteiger charge is 2.71. The van der Waals surface area contributed by atoms with E-state index in [0.29, 0.717) is 17.7 Å². The second-order valence-electron chi connectivity index (χ2n) is 17.5. The molecular weight excluding hydrogens is 606 g/mol. The van der Waals surface area contributed by atoms with Crippen LogP contribution in [0.3, 0.4) is 0 Å². The van der Waals surface area contributed by atoms with Gasteiger partial charge in [0.15, 0.2) is 0 Å². The molecule has 0 saturated heterocycles. The van der Waals surface area contributed by atoms with Crippen molar-refractivity contribution in [2.24, 2.45) is 55.4 Å². The van der Waals surface area contributed by atoms with E-state index in [-0.39, 0.29) is 52.0 Å². The first-order chi connectivity index (χ1) is 22.5. The Morgan fingerprint density at radius 3 is 2.25 bits per heavy atom. The molecule has 48 heavy (non-hydrogen) atoms. The largest absolute Gasteiger partial charge is 0.469 e. The molecule has 1 N–H and O–H groups in total. The quantitative estimate of drug-likeness (QED) is 0.111. The third-order valence-corrected chi connectivity index (χ3v) is 14.7. The van der Waals surface area contributed by atoms with Gasteiger partial charge in [-0.05, 0) is 109 Å². The number of allylic oxidation sites excluding steroid dienone is 2. The Morgan fingerprint density at radius 2 is 1.60 bits per heavy atom. The molecule has 0 spiro atoms. The Morgan fingerprint density at radius 1 is 0.917 bits per heavy atom. The number of rotatable bonds is 5. The zero-order chi connectivity index (χ0) is 34.9. The molecule has 0 radical (unpaired) electrons. The highest BCUT2D eigenvalue weighted by atomic mass is 16.6. The number of hydrogen-bond donors (Lipinski definition) is 1. The molecule has 1 aromatic carbocycles. The summed E-state index contributed by atoms with van der Waals surface area (Å²) in [5, 5.41) is 14.4.